The van der Waals surface area contributed by atoms with Gasteiger partial charge < -0.3 is 9.26 Å². The molecule has 64 valence electrons. The summed E-state index contributed by atoms with van der Waals surface area (Å²) in [6.07, 6.45) is 0. The number of carbonyl (C=O) groups is 1. The highest BCUT2D eigenvalue weighted by atomic mass is 31.0. The zero-order chi connectivity index (χ0) is 8.97. The first kappa shape index (κ1) is 9.01. The molecule has 0 N–H and O–H groups in total. The second-order valence-corrected chi connectivity index (χ2v) is 2.37. The number of rotatable bonds is 2. The third kappa shape index (κ3) is 1.95. The molecule has 4 heteroatoms. The monoisotopic (exact) mass is 184 g/mol. The summed E-state index contributed by atoms with van der Waals surface area (Å²) in [6, 6.07) is 6.68. The van der Waals surface area contributed by atoms with Crippen LogP contribution in [0.5, 0.6) is 5.75 Å². The molecule has 0 aliphatic heterocycles. The number of benzene rings is 1. The van der Waals surface area contributed by atoms with E-state index in [2.05, 4.69) is 14.2 Å². The van der Waals surface area contributed by atoms with Crippen molar-refractivity contribution in [3.05, 3.63) is 29.8 Å². The first-order valence-electron chi connectivity index (χ1n) is 3.33. The highest BCUT2D eigenvalue weighted by molar-refractivity contribution is 7.10. The van der Waals surface area contributed by atoms with Crippen molar-refractivity contribution >= 4 is 15.4 Å². The van der Waals surface area contributed by atoms with E-state index in [1.165, 1.54) is 7.11 Å². The second kappa shape index (κ2) is 4.07. The van der Waals surface area contributed by atoms with Gasteiger partial charge in [-0.3, -0.25) is 0 Å². The van der Waals surface area contributed by atoms with Gasteiger partial charge in [0.2, 0.25) is 0 Å². The van der Waals surface area contributed by atoms with Crippen LogP contribution in [0.4, 0.5) is 0 Å². The minimum absolute atomic E-state index is 0.342. The van der Waals surface area contributed by atoms with Crippen LogP contribution in [-0.4, -0.2) is 13.1 Å². The van der Waals surface area contributed by atoms with Crippen LogP contribution in [0.25, 0.3) is 0 Å². The maximum Gasteiger partial charge on any atom is 0.337 e. The van der Waals surface area contributed by atoms with Crippen molar-refractivity contribution in [2.75, 3.05) is 7.11 Å². The summed E-state index contributed by atoms with van der Waals surface area (Å²) in [5.74, 6) is 0.345. The molecule has 0 aliphatic carbocycles. The molecule has 1 rings (SSSR count). The summed E-state index contributed by atoms with van der Waals surface area (Å²) in [5.41, 5.74) is 0.517. The van der Waals surface area contributed by atoms with Crippen LogP contribution in [0, 0.1) is 0 Å². The van der Waals surface area contributed by atoms with Gasteiger partial charge in [-0.05, 0) is 24.3 Å². The maximum atomic E-state index is 10.9. The van der Waals surface area contributed by atoms with Gasteiger partial charge >= 0.3 is 5.97 Å². The van der Waals surface area contributed by atoms with Gasteiger partial charge in [0.1, 0.15) is 5.75 Å². The average molecular weight is 184 g/mol. The van der Waals surface area contributed by atoms with E-state index in [1.807, 2.05) is 0 Å². The predicted octanol–water partition coefficient (Wildman–Crippen LogP) is 1.64. The second-order valence-electron chi connectivity index (χ2n) is 2.13. The molecular weight excluding hydrogens is 175 g/mol. The highest BCUT2D eigenvalue weighted by Gasteiger charge is 2.03. The molecule has 0 bridgehead atoms. The summed E-state index contributed by atoms with van der Waals surface area (Å²) in [6.45, 7) is 0. The van der Waals surface area contributed by atoms with Gasteiger partial charge in [-0.2, -0.15) is 0 Å². The van der Waals surface area contributed by atoms with Crippen molar-refractivity contribution in [3.63, 3.8) is 0 Å². The lowest BCUT2D eigenvalue weighted by Crippen LogP contribution is -1.99. The molecule has 0 heterocycles. The van der Waals surface area contributed by atoms with E-state index in [0.29, 0.717) is 11.3 Å². The minimum atomic E-state index is -0.342. The molecule has 0 radical (unpaired) electrons. The molecule has 0 aliphatic rings. The smallest absolute Gasteiger partial charge is 0.337 e. The molecule has 1 atom stereocenters. The molecule has 1 aromatic rings. The van der Waals surface area contributed by atoms with E-state index >= 15 is 0 Å². The van der Waals surface area contributed by atoms with Gasteiger partial charge in [-0.15, -0.1) is 0 Å². The Hall–Kier alpha value is -1.08. The summed E-state index contributed by atoms with van der Waals surface area (Å²) in [4.78, 5) is 10.9. The van der Waals surface area contributed by atoms with E-state index in [9.17, 15) is 4.79 Å². The molecule has 0 spiro atoms. The van der Waals surface area contributed by atoms with E-state index in [1.54, 1.807) is 24.3 Å². The summed E-state index contributed by atoms with van der Waals surface area (Å²) in [7, 11) is 3.48. The standard InChI is InChI=1S/C8H9O3P/c1-10-8(9)6-2-4-7(11-12)5-3-6/h2-5H,12H2,1H3. The Bertz CT molecular complexity index is 268. The first-order valence-corrected chi connectivity index (χ1v) is 3.80. The van der Waals surface area contributed by atoms with Gasteiger partial charge in [0.05, 0.1) is 22.1 Å². The molecule has 0 fully saturated rings. The van der Waals surface area contributed by atoms with Crippen molar-refractivity contribution in [3.8, 4) is 5.75 Å². The number of hydrogen-bond donors (Lipinski definition) is 0. The van der Waals surface area contributed by atoms with Crippen LogP contribution in [0.3, 0.4) is 0 Å². The Morgan fingerprint density at radius 1 is 1.33 bits per heavy atom. The Morgan fingerprint density at radius 3 is 2.33 bits per heavy atom. The number of ether oxygens (including phenoxy) is 1. The van der Waals surface area contributed by atoms with Crippen LogP contribution in [0.15, 0.2) is 24.3 Å². The summed E-state index contributed by atoms with van der Waals surface area (Å²) in [5, 5.41) is 0. The zero-order valence-electron chi connectivity index (χ0n) is 6.61. The number of methoxy groups -OCH3 is 1. The lowest BCUT2D eigenvalue weighted by atomic mass is 10.2. The third-order valence-electron chi connectivity index (χ3n) is 1.41. The quantitative estimate of drug-likeness (QED) is 0.517. The van der Waals surface area contributed by atoms with Crippen molar-refractivity contribution in [1.82, 2.24) is 0 Å². The summed E-state index contributed by atoms with van der Waals surface area (Å²) >= 11 is 0. The maximum absolute atomic E-state index is 10.9. The van der Waals surface area contributed by atoms with Gasteiger partial charge in [0.15, 0.2) is 0 Å². The van der Waals surface area contributed by atoms with Gasteiger partial charge in [-0.1, -0.05) is 0 Å². The molecule has 0 saturated heterocycles. The molecule has 12 heavy (non-hydrogen) atoms. The Balaban J connectivity index is 2.84. The Kier molecular flexibility index (Phi) is 3.06. The zero-order valence-corrected chi connectivity index (χ0v) is 7.77. The largest absolute Gasteiger partial charge is 0.480 e. The normalized spacial score (nSPS) is 9.17. The van der Waals surface area contributed by atoms with Gasteiger partial charge in [0.25, 0.3) is 0 Å². The van der Waals surface area contributed by atoms with E-state index < -0.39 is 0 Å². The highest BCUT2D eigenvalue weighted by Crippen LogP contribution is 2.14. The fourth-order valence-corrected chi connectivity index (χ4v) is 0.945. The van der Waals surface area contributed by atoms with Crippen LogP contribution in [-0.2, 0) is 4.74 Å². The van der Waals surface area contributed by atoms with Gasteiger partial charge in [0, 0.05) is 0 Å². The molecule has 3 nitrogen and oxygen atoms in total. The lowest BCUT2D eigenvalue weighted by molar-refractivity contribution is 0.0601. The molecule has 0 saturated carbocycles. The van der Waals surface area contributed by atoms with Crippen molar-refractivity contribution in [2.45, 2.75) is 0 Å². The minimum Gasteiger partial charge on any atom is -0.480 e. The van der Waals surface area contributed by atoms with Crippen molar-refractivity contribution < 1.29 is 14.1 Å². The topological polar surface area (TPSA) is 35.5 Å². The van der Waals surface area contributed by atoms with E-state index in [-0.39, 0.29) is 5.97 Å². The van der Waals surface area contributed by atoms with E-state index in [0.717, 1.165) is 0 Å². The van der Waals surface area contributed by atoms with Crippen molar-refractivity contribution in [2.24, 2.45) is 0 Å². The Morgan fingerprint density at radius 2 is 1.92 bits per heavy atom. The number of hydrogen-bond acceptors (Lipinski definition) is 3. The molecule has 0 aromatic heterocycles. The fourth-order valence-electron chi connectivity index (χ4n) is 0.787. The fraction of sp³-hybridized carbons (Fsp3) is 0.125. The van der Waals surface area contributed by atoms with Crippen LogP contribution in [0.2, 0.25) is 0 Å². The van der Waals surface area contributed by atoms with Crippen LogP contribution < -0.4 is 4.52 Å². The number of esters is 1. The molecule has 1 unspecified atom stereocenters. The number of carbonyl (C=O) groups excluding carboxylic acids is 1. The first-order chi connectivity index (χ1) is 5.77. The Labute approximate surface area is 73.0 Å². The molecule has 0 amide bonds. The third-order valence-corrected chi connectivity index (χ3v) is 1.68. The van der Waals surface area contributed by atoms with Crippen molar-refractivity contribution in [1.29, 1.82) is 0 Å². The molecule has 1 aromatic carbocycles. The SMILES string of the molecule is COC(=O)c1ccc(OP)cc1. The predicted molar refractivity (Wildman–Crippen MR) is 48.1 cm³/mol. The van der Waals surface area contributed by atoms with E-state index in [4.69, 9.17) is 4.52 Å². The lowest BCUT2D eigenvalue weighted by Gasteiger charge is -2.00. The van der Waals surface area contributed by atoms with Crippen LogP contribution in [0.1, 0.15) is 10.4 Å². The summed E-state index contributed by atoms with van der Waals surface area (Å²) < 4.78 is 9.37. The average Bonchev–Trinajstić information content (AvgIpc) is 2.17. The molecular formula is C8H9O3P. The van der Waals surface area contributed by atoms with Crippen LogP contribution >= 0.6 is 9.47 Å². The van der Waals surface area contributed by atoms with Gasteiger partial charge in [-0.25, -0.2) is 4.79 Å².